The molecule has 0 amide bonds. The van der Waals surface area contributed by atoms with E-state index in [0.29, 0.717) is 0 Å². The molecule has 0 unspecified atom stereocenters. The molecule has 0 saturated carbocycles. The van der Waals surface area contributed by atoms with Crippen LogP contribution in [0.5, 0.6) is 5.88 Å². The third kappa shape index (κ3) is 2.91. The first-order valence-electron chi connectivity index (χ1n) is 3.13. The molecule has 0 aliphatic rings. The topological polar surface area (TPSA) is 42.1 Å². The quantitative estimate of drug-likeness (QED) is 0.864. The second-order valence-electron chi connectivity index (χ2n) is 2.17. The summed E-state index contributed by atoms with van der Waals surface area (Å²) in [5.41, 5.74) is -0.756. The van der Waals surface area contributed by atoms with Crippen molar-refractivity contribution in [3.8, 4) is 5.88 Å². The van der Waals surface area contributed by atoms with Gasteiger partial charge in [-0.15, -0.1) is 13.2 Å². The van der Waals surface area contributed by atoms with Gasteiger partial charge in [-0.3, -0.25) is 9.78 Å². The van der Waals surface area contributed by atoms with Gasteiger partial charge in [0, 0.05) is 0 Å². The lowest BCUT2D eigenvalue weighted by atomic mass is 10.5. The number of halogens is 5. The Bertz CT molecular complexity index is 403. The number of hydrogen-bond donors (Lipinski definition) is 1. The van der Waals surface area contributed by atoms with Crippen LogP contribution in [0.15, 0.2) is 15.3 Å². The molecule has 0 atom stereocenters. The molecule has 14 heavy (non-hydrogen) atoms. The number of H-pyrrole nitrogens is 1. The van der Waals surface area contributed by atoms with Gasteiger partial charge in [0.1, 0.15) is 5.02 Å². The van der Waals surface area contributed by atoms with E-state index in [-0.39, 0.29) is 9.50 Å². The first-order valence-corrected chi connectivity index (χ1v) is 4.31. The minimum absolute atomic E-state index is 0.0250. The maximum atomic E-state index is 11.7. The fourth-order valence-corrected chi connectivity index (χ4v) is 1.31. The molecule has 78 valence electrons. The molecule has 1 rings (SSSR count). The number of aromatic amines is 1. The third-order valence-corrected chi connectivity index (χ3v) is 2.00. The van der Waals surface area contributed by atoms with Crippen LogP contribution in [0.25, 0.3) is 0 Å². The Hall–Kier alpha value is -0.690. The van der Waals surface area contributed by atoms with E-state index < -0.39 is 17.8 Å². The molecule has 0 aliphatic carbocycles. The molecule has 1 aromatic rings. The molecule has 1 N–H and O–H groups in total. The van der Waals surface area contributed by atoms with E-state index in [0.717, 1.165) is 6.07 Å². The molecule has 0 saturated heterocycles. The van der Waals surface area contributed by atoms with Gasteiger partial charge in [-0.1, -0.05) is 11.6 Å². The number of nitrogens with one attached hydrogen (secondary N) is 1. The number of pyridine rings is 1. The zero-order valence-corrected chi connectivity index (χ0v) is 8.63. The van der Waals surface area contributed by atoms with Crippen LogP contribution >= 0.6 is 27.5 Å². The Kier molecular flexibility index (Phi) is 3.10. The summed E-state index contributed by atoms with van der Waals surface area (Å²) in [5.74, 6) is -0.827. The maximum absolute atomic E-state index is 11.7. The second-order valence-corrected chi connectivity index (χ2v) is 3.43. The Balaban J connectivity index is 3.11. The van der Waals surface area contributed by atoms with E-state index in [1.165, 1.54) is 0 Å². The SMILES string of the molecule is O=c1[nH]c(OC(F)(F)F)c(Cl)cc1Br. The van der Waals surface area contributed by atoms with Crippen LogP contribution in [0.4, 0.5) is 13.2 Å². The van der Waals surface area contributed by atoms with E-state index in [1.807, 2.05) is 4.98 Å². The zero-order chi connectivity index (χ0) is 10.9. The van der Waals surface area contributed by atoms with Crippen molar-refractivity contribution in [2.45, 2.75) is 6.36 Å². The van der Waals surface area contributed by atoms with E-state index in [1.54, 1.807) is 0 Å². The lowest BCUT2D eigenvalue weighted by Crippen LogP contribution is -2.20. The van der Waals surface area contributed by atoms with Gasteiger partial charge in [-0.25, -0.2) is 0 Å². The summed E-state index contributed by atoms with van der Waals surface area (Å²) < 4.78 is 38.7. The van der Waals surface area contributed by atoms with Crippen molar-refractivity contribution in [2.24, 2.45) is 0 Å². The van der Waals surface area contributed by atoms with Crippen LogP contribution in [-0.2, 0) is 0 Å². The Morgan fingerprint density at radius 3 is 2.57 bits per heavy atom. The average molecular weight is 292 g/mol. The van der Waals surface area contributed by atoms with E-state index >= 15 is 0 Å². The smallest absolute Gasteiger partial charge is 0.388 e. The van der Waals surface area contributed by atoms with Gasteiger partial charge >= 0.3 is 6.36 Å². The van der Waals surface area contributed by atoms with Crippen molar-refractivity contribution >= 4 is 27.5 Å². The minimum atomic E-state index is -4.89. The van der Waals surface area contributed by atoms with Crippen molar-refractivity contribution in [2.75, 3.05) is 0 Å². The second kappa shape index (κ2) is 3.82. The Morgan fingerprint density at radius 1 is 1.50 bits per heavy atom. The summed E-state index contributed by atoms with van der Waals surface area (Å²) in [6.45, 7) is 0. The van der Waals surface area contributed by atoms with E-state index in [4.69, 9.17) is 11.6 Å². The highest BCUT2D eigenvalue weighted by molar-refractivity contribution is 9.10. The molecular formula is C6H2BrClF3NO2. The standard InChI is InChI=1S/C6H2BrClF3NO2/c7-2-1-3(8)5(12-4(2)13)14-6(9,10)11/h1H,(H,12,13). The van der Waals surface area contributed by atoms with Gasteiger partial charge in [0.25, 0.3) is 5.56 Å². The summed E-state index contributed by atoms with van der Waals surface area (Å²) in [6, 6.07) is 1.02. The van der Waals surface area contributed by atoms with Crippen LogP contribution in [0.1, 0.15) is 0 Å². The van der Waals surface area contributed by atoms with Crippen molar-refractivity contribution < 1.29 is 17.9 Å². The monoisotopic (exact) mass is 291 g/mol. The fraction of sp³-hybridized carbons (Fsp3) is 0.167. The highest BCUT2D eigenvalue weighted by atomic mass is 79.9. The molecule has 0 radical (unpaired) electrons. The average Bonchev–Trinajstić information content (AvgIpc) is 1.97. The summed E-state index contributed by atoms with van der Waals surface area (Å²) in [6.07, 6.45) is -4.89. The molecule has 0 spiro atoms. The van der Waals surface area contributed by atoms with Gasteiger partial charge in [0.05, 0.1) is 4.47 Å². The molecule has 0 aliphatic heterocycles. The first-order chi connectivity index (χ1) is 6.29. The summed E-state index contributed by atoms with van der Waals surface area (Å²) in [7, 11) is 0. The fourth-order valence-electron chi connectivity index (χ4n) is 0.655. The number of aromatic nitrogens is 1. The largest absolute Gasteiger partial charge is 0.574 e. The predicted octanol–water partition coefficient (Wildman–Crippen LogP) is 2.69. The van der Waals surface area contributed by atoms with Crippen LogP contribution < -0.4 is 10.3 Å². The van der Waals surface area contributed by atoms with Crippen molar-refractivity contribution in [1.82, 2.24) is 4.98 Å². The van der Waals surface area contributed by atoms with Crippen molar-refractivity contribution in [3.63, 3.8) is 0 Å². The van der Waals surface area contributed by atoms with Crippen molar-refractivity contribution in [3.05, 3.63) is 25.9 Å². The summed E-state index contributed by atoms with van der Waals surface area (Å²) in [5, 5.41) is -0.339. The van der Waals surface area contributed by atoms with Crippen LogP contribution in [0.3, 0.4) is 0 Å². The van der Waals surface area contributed by atoms with Crippen LogP contribution in [0, 0.1) is 0 Å². The van der Waals surface area contributed by atoms with Gasteiger partial charge in [-0.2, -0.15) is 0 Å². The van der Waals surface area contributed by atoms with Gasteiger partial charge in [0.15, 0.2) is 0 Å². The summed E-state index contributed by atoms with van der Waals surface area (Å²) >= 11 is 8.18. The lowest BCUT2D eigenvalue weighted by molar-refractivity contribution is -0.276. The Labute approximate surface area is 89.0 Å². The third-order valence-electron chi connectivity index (χ3n) is 1.13. The van der Waals surface area contributed by atoms with Gasteiger partial charge in [-0.05, 0) is 22.0 Å². The molecule has 0 aromatic carbocycles. The Morgan fingerprint density at radius 2 is 2.07 bits per heavy atom. The lowest BCUT2D eigenvalue weighted by Gasteiger charge is -2.09. The van der Waals surface area contributed by atoms with E-state index in [2.05, 4.69) is 20.7 Å². The highest BCUT2D eigenvalue weighted by Gasteiger charge is 2.32. The zero-order valence-electron chi connectivity index (χ0n) is 6.28. The van der Waals surface area contributed by atoms with Gasteiger partial charge < -0.3 is 4.74 Å². The highest BCUT2D eigenvalue weighted by Crippen LogP contribution is 2.27. The molecule has 0 fully saturated rings. The molecule has 1 aromatic heterocycles. The predicted molar refractivity (Wildman–Crippen MR) is 46.5 cm³/mol. The number of ether oxygens (including phenoxy) is 1. The van der Waals surface area contributed by atoms with Crippen LogP contribution in [0.2, 0.25) is 5.02 Å². The number of hydrogen-bond acceptors (Lipinski definition) is 2. The van der Waals surface area contributed by atoms with Crippen molar-refractivity contribution in [1.29, 1.82) is 0 Å². The first kappa shape index (κ1) is 11.4. The molecule has 0 bridgehead atoms. The van der Waals surface area contributed by atoms with Crippen LogP contribution in [-0.4, -0.2) is 11.3 Å². The maximum Gasteiger partial charge on any atom is 0.574 e. The van der Waals surface area contributed by atoms with Gasteiger partial charge in [0.2, 0.25) is 5.88 Å². The number of rotatable bonds is 1. The van der Waals surface area contributed by atoms with E-state index in [9.17, 15) is 18.0 Å². The molecule has 1 heterocycles. The molecule has 8 heteroatoms. The summed E-state index contributed by atoms with van der Waals surface area (Å²) in [4.78, 5) is 12.7. The molecule has 3 nitrogen and oxygen atoms in total. The molecular weight excluding hydrogens is 290 g/mol. The number of alkyl halides is 3. The normalized spacial score (nSPS) is 11.5. The minimum Gasteiger partial charge on any atom is -0.388 e.